The average Bonchev–Trinajstić information content (AvgIpc) is 0.793. The molecule has 34 nitrogen and oxygen atoms in total. The predicted octanol–water partition coefficient (Wildman–Crippen LogP) is -1.04. The monoisotopic (exact) mass is 1550 g/mol. The number of allylic oxidation sites excluding steroid dienone is 1. The Kier molecular flexibility index (Phi) is 44.0. The maximum atomic E-state index is 13.6. The molecule has 34 heteroatoms. The van der Waals surface area contributed by atoms with Gasteiger partial charge in [-0.05, 0) is 19.3 Å². The SMILES string of the molecule is CCCCCCCCCCCCCC=CC(O)C(CO[C@@H]1O[C@H](CO)[C@@H](O[C@@H]2O[C@H](CO)[C@H](O[C@@H]3O[C@H](CO)[C@H](O)[C@H](O[C@@H]4O[C@H](CO)[C@H](O)[C@H](O)[C@H]4O)[C@H]3NC(C)=O)[C@H](OCC(O)C(O)[C@@H]3O[C@](O)(C(=O)O)C[C@H](O)[C@H]3NC(C)=O)[C@H]2O)[C@H](O)[C@H]1O)NC(=O)CCCCCCCCCCCCCCCCC. The Morgan fingerprint density at radius 1 is 0.477 bits per heavy atom. The van der Waals surface area contributed by atoms with Gasteiger partial charge in [0.25, 0.3) is 5.79 Å². The fraction of sp³-hybridized carbons (Fsp3) is 0.918. The van der Waals surface area contributed by atoms with Gasteiger partial charge in [0.2, 0.25) is 17.7 Å². The van der Waals surface area contributed by atoms with Crippen LogP contribution < -0.4 is 16.0 Å². The number of amides is 3. The van der Waals surface area contributed by atoms with Gasteiger partial charge >= 0.3 is 5.97 Å². The molecule has 5 aliphatic heterocycles. The van der Waals surface area contributed by atoms with Crippen LogP contribution in [0, 0.1) is 0 Å². The highest BCUT2D eigenvalue weighted by Gasteiger charge is 2.58. The molecular formula is C73H131N3O31. The highest BCUT2D eigenvalue weighted by Crippen LogP contribution is 2.37. The number of carboxylic acid groups (broad SMARTS) is 1. The smallest absolute Gasteiger partial charge is 0.364 e. The highest BCUT2D eigenvalue weighted by molar-refractivity contribution is 5.77. The van der Waals surface area contributed by atoms with Crippen molar-refractivity contribution in [1.82, 2.24) is 16.0 Å². The van der Waals surface area contributed by atoms with Crippen LogP contribution in [-0.2, 0) is 66.5 Å². The minimum atomic E-state index is -3.19. The van der Waals surface area contributed by atoms with Crippen LogP contribution in [-0.4, -0.2) is 321 Å². The number of unbranched alkanes of at least 4 members (excludes halogenated alkanes) is 25. The zero-order chi connectivity index (χ0) is 78.8. The lowest BCUT2D eigenvalue weighted by Gasteiger charge is -2.50. The number of carbonyl (C=O) groups excluding carboxylic acids is 3. The molecule has 0 bridgehead atoms. The van der Waals surface area contributed by atoms with E-state index < -0.39 is 235 Å². The van der Waals surface area contributed by atoms with E-state index in [9.17, 15) is 106 Å². The van der Waals surface area contributed by atoms with Crippen LogP contribution in [0.3, 0.4) is 0 Å². The number of hydrogen-bond donors (Lipinski definition) is 20. The standard InChI is InChI=1S/C73H131N3O31/c1-5-7-9-11-13-15-17-19-20-22-24-26-28-30-32-34-52(86)76-44(45(83)33-31-29-27-25-23-21-18-16-14-12-10-8-6-2)40-99-69-61(93)59(91)63(50(38-79)102-69)104-71-62(94)67(98-41-47(85)55(87)66-53(74-42(3)81)46(84)35-73(97,107-66)72(95)96)64(51(39-80)103-71)105-68-54(75-43(4)82)65(57(89)49(37-78)100-68)106-70-60(92)58(90)56(88)48(36-77)101-70/h31,33,44-51,53-71,77-80,83-85,87-94,97H,5-30,32,34-41H2,1-4H3,(H,74,81)(H,75,82)(H,76,86)(H,95,96)/t44?,45?,46-,47?,48+,49+,50+,51+,53+,54+,55?,56-,57-,58-,59+,60+,61+,62+,63+,64-,65+,66+,67+,68-,69+,70-,71-,73-/m0/s1. The summed E-state index contributed by atoms with van der Waals surface area (Å²) in [5.41, 5.74) is 0. The first-order valence-corrected chi connectivity index (χ1v) is 39.1. The Morgan fingerprint density at radius 3 is 1.44 bits per heavy atom. The molecule has 4 unspecified atom stereocenters. The maximum absolute atomic E-state index is 13.6. The minimum absolute atomic E-state index is 0.148. The molecule has 0 aliphatic carbocycles. The molecule has 5 saturated heterocycles. The lowest BCUT2D eigenvalue weighted by molar-refractivity contribution is -0.383. The van der Waals surface area contributed by atoms with Gasteiger partial charge in [0.05, 0.1) is 63.9 Å². The average molecular weight is 1550 g/mol. The molecule has 107 heavy (non-hydrogen) atoms. The Bertz CT molecular complexity index is 2500. The second-order valence-electron chi connectivity index (χ2n) is 29.3. The van der Waals surface area contributed by atoms with Crippen molar-refractivity contribution in [2.24, 2.45) is 0 Å². The van der Waals surface area contributed by atoms with Crippen LogP contribution in [0.25, 0.3) is 0 Å². The van der Waals surface area contributed by atoms with Gasteiger partial charge in [0.15, 0.2) is 25.2 Å². The van der Waals surface area contributed by atoms with Gasteiger partial charge in [0, 0.05) is 26.7 Å². The number of aliphatic hydroxyl groups excluding tert-OH is 15. The number of aliphatic hydroxyl groups is 16. The third-order valence-electron chi connectivity index (χ3n) is 20.6. The summed E-state index contributed by atoms with van der Waals surface area (Å²) in [6, 6.07) is -4.64. The maximum Gasteiger partial charge on any atom is 0.364 e. The summed E-state index contributed by atoms with van der Waals surface area (Å²) in [6.45, 7) is 0.591. The van der Waals surface area contributed by atoms with Crippen LogP contribution in [0.1, 0.15) is 214 Å². The largest absolute Gasteiger partial charge is 0.477 e. The molecular weight excluding hydrogens is 1410 g/mol. The zero-order valence-corrected chi connectivity index (χ0v) is 62.8. The van der Waals surface area contributed by atoms with Gasteiger partial charge in [0.1, 0.15) is 116 Å². The van der Waals surface area contributed by atoms with Crippen LogP contribution in [0.2, 0.25) is 0 Å². The van der Waals surface area contributed by atoms with Crippen molar-refractivity contribution >= 4 is 23.7 Å². The van der Waals surface area contributed by atoms with E-state index in [1.54, 1.807) is 6.08 Å². The topological polar surface area (TPSA) is 541 Å². The Hall–Kier alpha value is -3.42. The van der Waals surface area contributed by atoms with Crippen molar-refractivity contribution in [3.05, 3.63) is 12.2 Å². The quantitative estimate of drug-likeness (QED) is 0.0255. The van der Waals surface area contributed by atoms with Gasteiger partial charge in [-0.1, -0.05) is 180 Å². The number of hydrogen-bond acceptors (Lipinski definition) is 30. The fourth-order valence-electron chi connectivity index (χ4n) is 14.2. The Balaban J connectivity index is 1.36. The molecule has 20 N–H and O–H groups in total. The molecule has 0 aromatic rings. The van der Waals surface area contributed by atoms with E-state index in [-0.39, 0.29) is 12.3 Å². The highest BCUT2D eigenvalue weighted by atomic mass is 16.8. The number of nitrogens with one attached hydrogen (secondary N) is 3. The summed E-state index contributed by atoms with van der Waals surface area (Å²) in [6.07, 6.45) is -14.5. The van der Waals surface area contributed by atoms with E-state index in [0.29, 0.717) is 12.8 Å². The van der Waals surface area contributed by atoms with Gasteiger partial charge in [-0.2, -0.15) is 0 Å². The summed E-state index contributed by atoms with van der Waals surface area (Å²) in [4.78, 5) is 51.1. The molecule has 3 amide bonds. The van der Waals surface area contributed by atoms with Crippen molar-refractivity contribution in [3.8, 4) is 0 Å². The lowest BCUT2D eigenvalue weighted by Crippen LogP contribution is -2.70. The van der Waals surface area contributed by atoms with Crippen LogP contribution >= 0.6 is 0 Å². The molecule has 28 atom stereocenters. The summed E-state index contributed by atoms with van der Waals surface area (Å²) in [7, 11) is 0. The van der Waals surface area contributed by atoms with E-state index in [4.69, 9.17) is 47.4 Å². The molecule has 5 heterocycles. The van der Waals surface area contributed by atoms with Crippen LogP contribution in [0.4, 0.5) is 0 Å². The van der Waals surface area contributed by atoms with Crippen molar-refractivity contribution in [2.45, 2.75) is 385 Å². The van der Waals surface area contributed by atoms with E-state index in [0.717, 1.165) is 65.2 Å². The second kappa shape index (κ2) is 49.9. The molecule has 0 aromatic heterocycles. The molecule has 0 radical (unpaired) electrons. The van der Waals surface area contributed by atoms with Gasteiger partial charge in [-0.15, -0.1) is 0 Å². The van der Waals surface area contributed by atoms with Crippen molar-refractivity contribution in [2.75, 3.05) is 39.6 Å². The van der Waals surface area contributed by atoms with Crippen molar-refractivity contribution < 1.29 is 153 Å². The van der Waals surface area contributed by atoms with Crippen LogP contribution in [0.15, 0.2) is 12.2 Å². The lowest BCUT2D eigenvalue weighted by atomic mass is 9.88. The number of carbonyl (C=O) groups is 4. The third kappa shape index (κ3) is 29.8. The Morgan fingerprint density at radius 2 is 0.916 bits per heavy atom. The first kappa shape index (κ1) is 94.2. The fourth-order valence-corrected chi connectivity index (χ4v) is 14.2. The molecule has 0 saturated carbocycles. The summed E-state index contributed by atoms with van der Waals surface area (Å²) < 4.78 is 59.3. The number of ether oxygens (including phenoxy) is 10. The molecule has 5 fully saturated rings. The van der Waals surface area contributed by atoms with E-state index in [2.05, 4.69) is 29.8 Å². The first-order chi connectivity index (χ1) is 51.2. The molecule has 624 valence electrons. The van der Waals surface area contributed by atoms with Crippen LogP contribution in [0.5, 0.6) is 0 Å². The van der Waals surface area contributed by atoms with E-state index in [1.807, 2.05) is 6.08 Å². The predicted molar refractivity (Wildman–Crippen MR) is 378 cm³/mol. The molecule has 5 aliphatic rings. The van der Waals surface area contributed by atoms with Crippen molar-refractivity contribution in [3.63, 3.8) is 0 Å². The molecule has 5 rings (SSSR count). The van der Waals surface area contributed by atoms with Gasteiger partial charge in [-0.25, -0.2) is 4.79 Å². The normalized spacial score (nSPS) is 34.6. The Labute approximate surface area is 627 Å². The zero-order valence-electron chi connectivity index (χ0n) is 62.8. The van der Waals surface area contributed by atoms with Gasteiger partial charge < -0.3 is 150 Å². The molecule has 0 aromatic carbocycles. The first-order valence-electron chi connectivity index (χ1n) is 39.1. The second-order valence-corrected chi connectivity index (χ2v) is 29.3. The third-order valence-corrected chi connectivity index (χ3v) is 20.6. The van der Waals surface area contributed by atoms with E-state index >= 15 is 0 Å². The summed E-state index contributed by atoms with van der Waals surface area (Å²) in [5.74, 6) is -7.31. The summed E-state index contributed by atoms with van der Waals surface area (Å²) >= 11 is 0. The minimum Gasteiger partial charge on any atom is -0.477 e. The number of rotatable bonds is 52. The van der Waals surface area contributed by atoms with Gasteiger partial charge in [-0.3, -0.25) is 14.4 Å². The van der Waals surface area contributed by atoms with E-state index in [1.165, 1.54) is 109 Å². The summed E-state index contributed by atoms with van der Waals surface area (Å²) in [5, 5.41) is 196. The van der Waals surface area contributed by atoms with Crippen molar-refractivity contribution in [1.29, 1.82) is 0 Å². The number of carboxylic acids is 1. The number of aliphatic carboxylic acids is 1. The molecule has 0 spiro atoms.